The Labute approximate surface area is 81.7 Å². The maximum Gasteiger partial charge on any atom is 0.435 e. The van der Waals surface area contributed by atoms with Gasteiger partial charge in [-0.05, 0) is 0 Å². The molecule has 0 aromatic carbocycles. The van der Waals surface area contributed by atoms with Gasteiger partial charge < -0.3 is 5.43 Å². The minimum absolute atomic E-state index is 0.139. The van der Waals surface area contributed by atoms with Gasteiger partial charge >= 0.3 is 6.18 Å². The van der Waals surface area contributed by atoms with Crippen molar-refractivity contribution < 1.29 is 13.2 Å². The second-order valence-corrected chi connectivity index (χ2v) is 2.78. The zero-order chi connectivity index (χ0) is 11.1. The predicted octanol–water partition coefficient (Wildman–Crippen LogP) is 1.03. The Morgan fingerprint density at radius 3 is 2.73 bits per heavy atom. The van der Waals surface area contributed by atoms with E-state index in [0.29, 0.717) is 0 Å². The molecular weight excluding hydrogens is 211 g/mol. The molecule has 0 radical (unpaired) electrons. The minimum atomic E-state index is -4.47. The number of hydrazine groups is 1. The second-order valence-electron chi connectivity index (χ2n) is 2.78. The van der Waals surface area contributed by atoms with E-state index in [1.54, 1.807) is 0 Å². The first-order chi connectivity index (χ1) is 7.02. The fourth-order valence-electron chi connectivity index (χ4n) is 1.17. The number of nitrogens with two attached hydrogens (primary N) is 1. The Bertz CT molecular complexity index is 489. The van der Waals surface area contributed by atoms with Crippen molar-refractivity contribution in [2.75, 3.05) is 5.43 Å². The molecule has 0 saturated carbocycles. The average Bonchev–Trinajstić information content (AvgIpc) is 2.59. The van der Waals surface area contributed by atoms with E-state index in [4.69, 9.17) is 5.84 Å². The van der Waals surface area contributed by atoms with Crippen molar-refractivity contribution in [1.29, 1.82) is 0 Å². The van der Waals surface area contributed by atoms with Crippen molar-refractivity contribution in [3.63, 3.8) is 0 Å². The van der Waals surface area contributed by atoms with Crippen LogP contribution in [0, 0.1) is 0 Å². The molecule has 0 fully saturated rings. The molecule has 8 heteroatoms. The van der Waals surface area contributed by atoms with Crippen molar-refractivity contribution in [2.24, 2.45) is 5.84 Å². The summed E-state index contributed by atoms with van der Waals surface area (Å²) in [6.45, 7) is 0. The van der Waals surface area contributed by atoms with Crippen LogP contribution in [-0.2, 0) is 6.18 Å². The van der Waals surface area contributed by atoms with Crippen LogP contribution in [0.1, 0.15) is 5.69 Å². The summed E-state index contributed by atoms with van der Waals surface area (Å²) in [6, 6.07) is 0.877. The van der Waals surface area contributed by atoms with E-state index in [-0.39, 0.29) is 11.3 Å². The monoisotopic (exact) mass is 217 g/mol. The summed E-state index contributed by atoms with van der Waals surface area (Å²) in [5, 5.41) is 3.35. The van der Waals surface area contributed by atoms with Gasteiger partial charge in [-0.1, -0.05) is 0 Å². The first-order valence-electron chi connectivity index (χ1n) is 3.90. The van der Waals surface area contributed by atoms with Crippen molar-refractivity contribution in [2.45, 2.75) is 6.18 Å². The van der Waals surface area contributed by atoms with Gasteiger partial charge in [0.25, 0.3) is 0 Å². The average molecular weight is 217 g/mol. The van der Waals surface area contributed by atoms with Gasteiger partial charge in [0, 0.05) is 18.5 Å². The van der Waals surface area contributed by atoms with E-state index in [9.17, 15) is 13.2 Å². The molecule has 0 aliphatic heterocycles. The van der Waals surface area contributed by atoms with E-state index in [1.165, 1.54) is 12.4 Å². The number of fused-ring (bicyclic) bond motifs is 1. The topological polar surface area (TPSA) is 68.2 Å². The third kappa shape index (κ3) is 1.59. The largest absolute Gasteiger partial charge is 0.435 e. The molecule has 0 saturated heterocycles. The van der Waals surface area contributed by atoms with E-state index >= 15 is 0 Å². The molecule has 2 heterocycles. The molecular formula is C7H6F3N5. The number of hydrogen-bond acceptors (Lipinski definition) is 4. The lowest BCUT2D eigenvalue weighted by Gasteiger charge is -1.99. The number of rotatable bonds is 1. The van der Waals surface area contributed by atoms with Gasteiger partial charge in [-0.3, -0.25) is 0 Å². The van der Waals surface area contributed by atoms with Crippen molar-refractivity contribution >= 4 is 11.3 Å². The summed E-state index contributed by atoms with van der Waals surface area (Å²) in [5.74, 6) is 5.24. The highest BCUT2D eigenvalue weighted by molar-refractivity contribution is 5.67. The summed E-state index contributed by atoms with van der Waals surface area (Å²) in [6.07, 6.45) is -1.86. The normalized spacial score (nSPS) is 12.0. The van der Waals surface area contributed by atoms with Crippen LogP contribution in [0.3, 0.4) is 0 Å². The van der Waals surface area contributed by atoms with E-state index < -0.39 is 11.9 Å². The molecule has 80 valence electrons. The number of nitrogens with one attached hydrogen (secondary N) is 1. The van der Waals surface area contributed by atoms with Crippen molar-refractivity contribution in [1.82, 2.24) is 14.6 Å². The van der Waals surface area contributed by atoms with Gasteiger partial charge in [-0.25, -0.2) is 15.3 Å². The Balaban J connectivity index is 2.65. The van der Waals surface area contributed by atoms with Crippen LogP contribution >= 0.6 is 0 Å². The van der Waals surface area contributed by atoms with Gasteiger partial charge in [0.15, 0.2) is 11.5 Å². The third-order valence-corrected chi connectivity index (χ3v) is 1.82. The number of alkyl halides is 3. The van der Waals surface area contributed by atoms with Crippen LogP contribution in [0.25, 0.3) is 5.52 Å². The quantitative estimate of drug-likeness (QED) is 0.553. The second kappa shape index (κ2) is 3.09. The van der Waals surface area contributed by atoms with Crippen LogP contribution in [0.2, 0.25) is 0 Å². The molecule has 2 aromatic heterocycles. The molecule has 15 heavy (non-hydrogen) atoms. The van der Waals surface area contributed by atoms with Crippen LogP contribution in [0.15, 0.2) is 18.5 Å². The maximum absolute atomic E-state index is 12.3. The lowest BCUT2D eigenvalue weighted by atomic mass is 10.4. The highest BCUT2D eigenvalue weighted by Crippen LogP contribution is 2.29. The number of anilines is 1. The van der Waals surface area contributed by atoms with E-state index in [0.717, 1.165) is 10.6 Å². The molecule has 5 nitrogen and oxygen atoms in total. The number of aromatic nitrogens is 3. The molecule has 0 aliphatic carbocycles. The van der Waals surface area contributed by atoms with Gasteiger partial charge in [0.2, 0.25) is 0 Å². The lowest BCUT2D eigenvalue weighted by molar-refractivity contribution is -0.141. The third-order valence-electron chi connectivity index (χ3n) is 1.82. The molecule has 0 amide bonds. The van der Waals surface area contributed by atoms with Crippen LogP contribution in [0.4, 0.5) is 19.0 Å². The molecule has 0 unspecified atom stereocenters. The standard InChI is InChI=1S/C7H6F3N5/c8-7(9,10)5-3-4-6(13-11)12-1-2-15(4)14-5/h1-3H,11H2,(H,12,13). The summed E-state index contributed by atoms with van der Waals surface area (Å²) in [4.78, 5) is 3.76. The number of nitrogens with zero attached hydrogens (tertiary/aromatic N) is 3. The van der Waals surface area contributed by atoms with Gasteiger partial charge in [0.1, 0.15) is 5.52 Å². The number of nitrogen functional groups attached to an aromatic ring is 1. The summed E-state index contributed by atoms with van der Waals surface area (Å²) >= 11 is 0. The first kappa shape index (κ1) is 9.71. The summed E-state index contributed by atoms with van der Waals surface area (Å²) in [7, 11) is 0. The first-order valence-corrected chi connectivity index (χ1v) is 3.90. The number of halogens is 3. The fourth-order valence-corrected chi connectivity index (χ4v) is 1.17. The Morgan fingerprint density at radius 1 is 1.40 bits per heavy atom. The predicted molar refractivity (Wildman–Crippen MR) is 45.8 cm³/mol. The summed E-state index contributed by atoms with van der Waals surface area (Å²) in [5.41, 5.74) is 1.39. The molecule has 2 rings (SSSR count). The molecule has 3 N–H and O–H groups in total. The number of hydrogen-bond donors (Lipinski definition) is 2. The lowest BCUT2D eigenvalue weighted by Crippen LogP contribution is -2.09. The Morgan fingerprint density at radius 2 is 2.13 bits per heavy atom. The van der Waals surface area contributed by atoms with Crippen LogP contribution in [-0.4, -0.2) is 14.6 Å². The van der Waals surface area contributed by atoms with Gasteiger partial charge in [-0.15, -0.1) is 0 Å². The molecule has 0 aliphatic rings. The van der Waals surface area contributed by atoms with Crippen molar-refractivity contribution in [3.8, 4) is 0 Å². The van der Waals surface area contributed by atoms with Crippen LogP contribution < -0.4 is 11.3 Å². The minimum Gasteiger partial charge on any atom is -0.307 e. The fraction of sp³-hybridized carbons (Fsp3) is 0.143. The molecule has 2 aromatic rings. The molecule has 0 spiro atoms. The maximum atomic E-state index is 12.3. The van der Waals surface area contributed by atoms with Crippen LogP contribution in [0.5, 0.6) is 0 Å². The summed E-state index contributed by atoms with van der Waals surface area (Å²) < 4.78 is 38.0. The highest BCUT2D eigenvalue weighted by atomic mass is 19.4. The highest BCUT2D eigenvalue weighted by Gasteiger charge is 2.34. The Hall–Kier alpha value is -1.83. The SMILES string of the molecule is NNc1nccn2nc(C(F)(F)F)cc12. The smallest absolute Gasteiger partial charge is 0.307 e. The zero-order valence-corrected chi connectivity index (χ0v) is 7.28. The zero-order valence-electron chi connectivity index (χ0n) is 7.28. The van der Waals surface area contributed by atoms with E-state index in [2.05, 4.69) is 15.5 Å². The van der Waals surface area contributed by atoms with E-state index in [1.807, 2.05) is 0 Å². The Kier molecular flexibility index (Phi) is 2.00. The van der Waals surface area contributed by atoms with Gasteiger partial charge in [-0.2, -0.15) is 18.3 Å². The van der Waals surface area contributed by atoms with Crippen molar-refractivity contribution in [3.05, 3.63) is 24.2 Å². The molecule has 0 bridgehead atoms. The van der Waals surface area contributed by atoms with Gasteiger partial charge in [0.05, 0.1) is 0 Å². The molecule has 0 atom stereocenters.